The second kappa shape index (κ2) is 10.8. The lowest BCUT2D eigenvalue weighted by Gasteiger charge is -2.10. The molecular formula is C27H22BrN7O. The van der Waals surface area contributed by atoms with Crippen LogP contribution >= 0.6 is 15.9 Å². The molecule has 0 fully saturated rings. The predicted molar refractivity (Wildman–Crippen MR) is 147 cm³/mol. The summed E-state index contributed by atoms with van der Waals surface area (Å²) in [6.07, 6.45) is 1.57. The second-order valence-corrected chi connectivity index (χ2v) is 8.70. The number of nitrogens with zero attached hydrogens (tertiary/aromatic N) is 4. The summed E-state index contributed by atoms with van der Waals surface area (Å²) < 4.78 is 6.91. The van der Waals surface area contributed by atoms with Gasteiger partial charge in [0.25, 0.3) is 0 Å². The maximum Gasteiger partial charge on any atom is 0.250 e. The molecule has 0 atom stereocenters. The van der Waals surface area contributed by atoms with Crippen LogP contribution in [0.4, 0.5) is 29.2 Å². The van der Waals surface area contributed by atoms with E-state index in [-0.39, 0.29) is 5.95 Å². The Morgan fingerprint density at radius 2 is 1.36 bits per heavy atom. The zero-order valence-corrected chi connectivity index (χ0v) is 20.9. The summed E-state index contributed by atoms with van der Waals surface area (Å²) >= 11 is 3.60. The Morgan fingerprint density at radius 1 is 0.750 bits per heavy atom. The molecule has 0 bridgehead atoms. The maximum atomic E-state index is 5.94. The van der Waals surface area contributed by atoms with Crippen molar-refractivity contribution in [1.29, 1.82) is 0 Å². The number of aryl methyl sites for hydroxylation is 1. The van der Waals surface area contributed by atoms with E-state index >= 15 is 0 Å². The first kappa shape index (κ1) is 23.3. The van der Waals surface area contributed by atoms with Crippen LogP contribution in [0.2, 0.25) is 0 Å². The van der Waals surface area contributed by atoms with Gasteiger partial charge in [0.15, 0.2) is 0 Å². The topological polar surface area (TPSA) is 100 Å². The Balaban J connectivity index is 1.35. The highest BCUT2D eigenvalue weighted by molar-refractivity contribution is 9.10. The molecule has 3 aromatic carbocycles. The number of hydrogen-bond donors (Lipinski definition) is 3. The summed E-state index contributed by atoms with van der Waals surface area (Å²) in [6.45, 7) is 2.04. The van der Waals surface area contributed by atoms with Gasteiger partial charge in [-0.1, -0.05) is 58.4 Å². The zero-order valence-electron chi connectivity index (χ0n) is 19.3. The number of benzene rings is 3. The van der Waals surface area contributed by atoms with Gasteiger partial charge in [0.05, 0.1) is 6.21 Å². The molecule has 8 nitrogen and oxygen atoms in total. The molecule has 0 aliphatic carbocycles. The van der Waals surface area contributed by atoms with Gasteiger partial charge >= 0.3 is 0 Å². The standard InChI is InChI=1S/C27H22BrN7O/c1-18-12-14-22(23(28)16-18)24-15-13-21(36-24)17-29-35-27-33-25(30-19-8-4-2-5-9-19)32-26(34-27)31-20-10-6-3-7-11-20/h2-17H,1H3,(H3,30,31,32,33,34,35). The van der Waals surface area contributed by atoms with Crippen LogP contribution in [0.25, 0.3) is 11.3 Å². The third-order valence-corrected chi connectivity index (χ3v) is 5.72. The van der Waals surface area contributed by atoms with Gasteiger partial charge < -0.3 is 15.1 Å². The largest absolute Gasteiger partial charge is 0.455 e. The zero-order chi connectivity index (χ0) is 24.7. The molecule has 9 heteroatoms. The molecule has 178 valence electrons. The first-order valence-electron chi connectivity index (χ1n) is 11.2. The van der Waals surface area contributed by atoms with Gasteiger partial charge in [-0.05, 0) is 61.0 Å². The van der Waals surface area contributed by atoms with E-state index in [9.17, 15) is 0 Å². The smallest absolute Gasteiger partial charge is 0.250 e. The normalized spacial score (nSPS) is 10.9. The van der Waals surface area contributed by atoms with E-state index in [1.807, 2.05) is 91.9 Å². The van der Waals surface area contributed by atoms with Gasteiger partial charge in [-0.25, -0.2) is 5.43 Å². The summed E-state index contributed by atoms with van der Waals surface area (Å²) in [6, 6.07) is 29.2. The molecule has 0 amide bonds. The Hall–Kier alpha value is -4.50. The Kier molecular flexibility index (Phi) is 7.00. The number of hydrazone groups is 1. The first-order valence-corrected chi connectivity index (χ1v) is 12.0. The summed E-state index contributed by atoms with van der Waals surface area (Å²) in [4.78, 5) is 13.4. The molecule has 2 aromatic heterocycles. The molecule has 5 rings (SSSR count). The van der Waals surface area contributed by atoms with Crippen LogP contribution in [0.1, 0.15) is 11.3 Å². The van der Waals surface area contributed by atoms with Crippen LogP contribution in [0.15, 0.2) is 105 Å². The molecular weight excluding hydrogens is 518 g/mol. The van der Waals surface area contributed by atoms with Crippen LogP contribution in [-0.2, 0) is 0 Å². The molecule has 36 heavy (non-hydrogen) atoms. The van der Waals surface area contributed by atoms with Crippen molar-refractivity contribution in [2.24, 2.45) is 5.10 Å². The third kappa shape index (κ3) is 5.94. The fourth-order valence-corrected chi connectivity index (χ4v) is 4.07. The number of hydrogen-bond acceptors (Lipinski definition) is 8. The van der Waals surface area contributed by atoms with Crippen LogP contribution in [0.5, 0.6) is 0 Å². The van der Waals surface area contributed by atoms with Crippen molar-refractivity contribution >= 4 is 51.4 Å². The molecule has 0 aliphatic rings. The van der Waals surface area contributed by atoms with Crippen molar-refractivity contribution in [3.63, 3.8) is 0 Å². The van der Waals surface area contributed by atoms with Gasteiger partial charge in [0.2, 0.25) is 17.8 Å². The molecule has 5 aromatic rings. The lowest BCUT2D eigenvalue weighted by molar-refractivity contribution is 0.574. The molecule has 0 radical (unpaired) electrons. The maximum absolute atomic E-state index is 5.94. The molecule has 0 saturated heterocycles. The second-order valence-electron chi connectivity index (χ2n) is 7.84. The van der Waals surface area contributed by atoms with Gasteiger partial charge in [0.1, 0.15) is 11.5 Å². The lowest BCUT2D eigenvalue weighted by Crippen LogP contribution is -2.07. The predicted octanol–water partition coefficient (Wildman–Crippen LogP) is 7.14. The highest BCUT2D eigenvalue weighted by Crippen LogP contribution is 2.30. The number of nitrogens with one attached hydrogen (secondary N) is 3. The van der Waals surface area contributed by atoms with E-state index in [4.69, 9.17) is 4.42 Å². The van der Waals surface area contributed by atoms with Gasteiger partial charge in [-0.3, -0.25) is 0 Å². The Labute approximate surface area is 216 Å². The van der Waals surface area contributed by atoms with E-state index < -0.39 is 0 Å². The van der Waals surface area contributed by atoms with Crippen LogP contribution in [0.3, 0.4) is 0 Å². The fraction of sp³-hybridized carbons (Fsp3) is 0.0370. The molecule has 0 saturated carbocycles. The average Bonchev–Trinajstić information content (AvgIpc) is 3.34. The first-order chi connectivity index (χ1) is 17.6. The SMILES string of the molecule is Cc1ccc(-c2ccc(C=NNc3nc(Nc4ccccc4)nc(Nc4ccccc4)n3)o2)c(Br)c1. The summed E-state index contributed by atoms with van der Waals surface area (Å²) in [5, 5.41) is 10.6. The van der Waals surface area contributed by atoms with Crippen molar-refractivity contribution in [2.45, 2.75) is 6.92 Å². The van der Waals surface area contributed by atoms with Crippen molar-refractivity contribution in [1.82, 2.24) is 15.0 Å². The van der Waals surface area contributed by atoms with Gasteiger partial charge in [-0.2, -0.15) is 20.1 Å². The lowest BCUT2D eigenvalue weighted by atomic mass is 10.1. The molecule has 0 aliphatic heterocycles. The van der Waals surface area contributed by atoms with E-state index in [0.717, 1.165) is 27.2 Å². The van der Waals surface area contributed by atoms with Crippen LogP contribution in [0, 0.1) is 6.92 Å². The van der Waals surface area contributed by atoms with E-state index in [0.29, 0.717) is 17.7 Å². The average molecular weight is 540 g/mol. The van der Waals surface area contributed by atoms with E-state index in [2.05, 4.69) is 58.1 Å². The molecule has 2 heterocycles. The quantitative estimate of drug-likeness (QED) is 0.142. The van der Waals surface area contributed by atoms with Crippen LogP contribution in [-0.4, -0.2) is 21.2 Å². The fourth-order valence-electron chi connectivity index (χ4n) is 3.38. The monoisotopic (exact) mass is 539 g/mol. The Bertz CT molecular complexity index is 1430. The van der Waals surface area contributed by atoms with Crippen molar-refractivity contribution < 1.29 is 4.42 Å². The van der Waals surface area contributed by atoms with E-state index in [1.54, 1.807) is 6.21 Å². The van der Waals surface area contributed by atoms with Gasteiger partial charge in [-0.15, -0.1) is 0 Å². The highest BCUT2D eigenvalue weighted by Gasteiger charge is 2.09. The molecule has 0 unspecified atom stereocenters. The van der Waals surface area contributed by atoms with Gasteiger partial charge in [0, 0.05) is 21.4 Å². The molecule has 3 N–H and O–H groups in total. The van der Waals surface area contributed by atoms with Crippen molar-refractivity contribution in [2.75, 3.05) is 16.1 Å². The summed E-state index contributed by atoms with van der Waals surface area (Å²) in [7, 11) is 0. The number of halogens is 1. The number of rotatable bonds is 8. The minimum absolute atomic E-state index is 0.270. The van der Waals surface area contributed by atoms with Crippen molar-refractivity contribution in [3.8, 4) is 11.3 Å². The molecule has 0 spiro atoms. The van der Waals surface area contributed by atoms with E-state index in [1.165, 1.54) is 5.56 Å². The summed E-state index contributed by atoms with van der Waals surface area (Å²) in [5.41, 5.74) is 6.72. The third-order valence-electron chi connectivity index (χ3n) is 5.07. The highest BCUT2D eigenvalue weighted by atomic mass is 79.9. The Morgan fingerprint density at radius 3 is 1.97 bits per heavy atom. The number of aromatic nitrogens is 3. The summed E-state index contributed by atoms with van der Waals surface area (Å²) in [5.74, 6) is 2.34. The number of para-hydroxylation sites is 2. The minimum atomic E-state index is 0.270. The minimum Gasteiger partial charge on any atom is -0.455 e. The number of anilines is 5. The number of furan rings is 1. The van der Waals surface area contributed by atoms with Crippen molar-refractivity contribution in [3.05, 3.63) is 107 Å². The van der Waals surface area contributed by atoms with Crippen LogP contribution < -0.4 is 16.1 Å².